The van der Waals surface area contributed by atoms with Crippen LogP contribution in [0, 0.1) is 0 Å². The van der Waals surface area contributed by atoms with Crippen LogP contribution in [0.1, 0.15) is 28.2 Å². The second-order valence-electron chi connectivity index (χ2n) is 9.40. The quantitative estimate of drug-likeness (QED) is 0.173. The lowest BCUT2D eigenvalue weighted by atomic mass is 9.89. The number of carbonyl (C=O) groups is 2. The smallest absolute Gasteiger partial charge is 0.240 e. The zero-order valence-corrected chi connectivity index (χ0v) is 24.5. The van der Waals surface area contributed by atoms with Crippen LogP contribution in [-0.4, -0.2) is 46.8 Å². The molecule has 0 unspecified atom stereocenters. The molecule has 1 atom stereocenters. The van der Waals surface area contributed by atoms with Crippen LogP contribution in [0.25, 0.3) is 0 Å². The summed E-state index contributed by atoms with van der Waals surface area (Å²) in [5.41, 5.74) is 20.9. The van der Waals surface area contributed by atoms with E-state index in [1.807, 2.05) is 91.0 Å². The van der Waals surface area contributed by atoms with Crippen molar-refractivity contribution in [3.8, 4) is 5.75 Å². The maximum absolute atomic E-state index is 14.6. The Balaban J connectivity index is 0.00000308. The highest BCUT2D eigenvalue weighted by Gasteiger charge is 2.34. The number of primary amides is 1. The molecule has 0 saturated heterocycles. The van der Waals surface area contributed by atoms with E-state index >= 15 is 0 Å². The highest BCUT2D eigenvalue weighted by atomic mass is 35.5. The lowest BCUT2D eigenvalue weighted by molar-refractivity contribution is -0.140. The van der Waals surface area contributed by atoms with Gasteiger partial charge in [-0.1, -0.05) is 84.9 Å². The lowest BCUT2D eigenvalue weighted by Crippen LogP contribution is -2.50. The van der Waals surface area contributed by atoms with Crippen LogP contribution in [0.5, 0.6) is 5.75 Å². The summed E-state index contributed by atoms with van der Waals surface area (Å²) in [5.74, 6) is -0.883. The van der Waals surface area contributed by atoms with Crippen molar-refractivity contribution in [3.05, 3.63) is 131 Å². The van der Waals surface area contributed by atoms with Crippen molar-refractivity contribution in [3.63, 3.8) is 0 Å². The van der Waals surface area contributed by atoms with Gasteiger partial charge in [-0.25, -0.2) is 4.99 Å². The fourth-order valence-electron chi connectivity index (χ4n) is 4.69. The number of nitrogens with two attached hydrogens (primary N) is 3. The van der Waals surface area contributed by atoms with E-state index < -0.39 is 17.9 Å². The molecule has 43 heavy (non-hydrogen) atoms. The van der Waals surface area contributed by atoms with Crippen LogP contribution in [0.2, 0.25) is 0 Å². The number of ether oxygens (including phenoxy) is 1. The highest BCUT2D eigenvalue weighted by molar-refractivity contribution is 5.92. The Hall–Kier alpha value is -4.90. The molecule has 0 spiro atoms. The monoisotopic (exact) mass is 607 g/mol. The number of carbonyl (C=O) groups excluding carboxylic acids is 2. The number of aliphatic imine (C=N–C) groups is 1. The van der Waals surface area contributed by atoms with Gasteiger partial charge in [-0.15, -0.1) is 12.4 Å². The van der Waals surface area contributed by atoms with Gasteiger partial charge in [0.2, 0.25) is 11.8 Å². The molecule has 228 valence electrons. The minimum absolute atomic E-state index is 0. The van der Waals surface area contributed by atoms with Crippen LogP contribution in [0.15, 0.2) is 114 Å². The fourth-order valence-corrected chi connectivity index (χ4v) is 4.69. The molecule has 10 nitrogen and oxygen atoms in total. The molecule has 4 aromatic carbocycles. The van der Waals surface area contributed by atoms with Crippen molar-refractivity contribution in [2.24, 2.45) is 22.2 Å². The first-order chi connectivity index (χ1) is 19.4. The maximum atomic E-state index is 14.6. The van der Waals surface area contributed by atoms with Gasteiger partial charge < -0.3 is 37.8 Å². The van der Waals surface area contributed by atoms with Gasteiger partial charge in [-0.2, -0.15) is 0 Å². The van der Waals surface area contributed by atoms with E-state index in [1.165, 1.54) is 0 Å². The zero-order valence-electron chi connectivity index (χ0n) is 23.7. The molecule has 0 radical (unpaired) electrons. The number of halogens is 1. The summed E-state index contributed by atoms with van der Waals surface area (Å²) in [6.45, 7) is 0.167. The number of hydrogen-bond acceptors (Lipinski definition) is 4. The Labute approximate surface area is 257 Å². The van der Waals surface area contributed by atoms with Gasteiger partial charge in [0.25, 0.3) is 0 Å². The van der Waals surface area contributed by atoms with E-state index in [0.717, 1.165) is 22.3 Å². The van der Waals surface area contributed by atoms with Crippen molar-refractivity contribution in [1.29, 1.82) is 0 Å². The van der Waals surface area contributed by atoms with Crippen LogP contribution in [0.4, 0.5) is 5.69 Å². The average molecular weight is 608 g/mol. The van der Waals surface area contributed by atoms with Crippen molar-refractivity contribution in [2.45, 2.75) is 24.9 Å². The largest absolute Gasteiger partial charge is 0.497 e. The molecule has 0 aliphatic rings. The average Bonchev–Trinajstić information content (AvgIpc) is 2.96. The lowest BCUT2D eigenvalue weighted by Gasteiger charge is -2.33. The topological polar surface area (TPSA) is 200 Å². The third-order valence-corrected chi connectivity index (χ3v) is 6.61. The number of amides is 2. The van der Waals surface area contributed by atoms with Crippen molar-refractivity contribution >= 4 is 35.9 Å². The second-order valence-corrected chi connectivity index (χ2v) is 9.40. The summed E-state index contributed by atoms with van der Waals surface area (Å²) in [6, 6.07) is 32.7. The number of guanidine groups is 1. The fraction of sp³-hybridized carbons (Fsp3) is 0.156. The number of methoxy groups -OCH3 is 1. The third-order valence-electron chi connectivity index (χ3n) is 6.61. The molecule has 0 fully saturated rings. The number of hydrogen-bond donors (Lipinski definition) is 3. The molecule has 0 aliphatic heterocycles. The first kappa shape index (κ1) is 36.1. The molecule has 0 aromatic heterocycles. The Bertz CT molecular complexity index is 1430. The summed E-state index contributed by atoms with van der Waals surface area (Å²) in [7, 11) is 1.59. The minimum Gasteiger partial charge on any atom is -0.497 e. The van der Waals surface area contributed by atoms with Gasteiger partial charge in [-0.3, -0.25) is 9.59 Å². The molecule has 2 amide bonds. The molecular formula is C32H38ClN5O5. The van der Waals surface area contributed by atoms with E-state index in [9.17, 15) is 9.59 Å². The van der Waals surface area contributed by atoms with Gasteiger partial charge in [0, 0.05) is 13.0 Å². The Morgan fingerprint density at radius 3 is 1.81 bits per heavy atom. The molecular weight excluding hydrogens is 570 g/mol. The van der Waals surface area contributed by atoms with Crippen LogP contribution in [-0.2, 0) is 22.6 Å². The minimum atomic E-state index is -0.945. The van der Waals surface area contributed by atoms with Gasteiger partial charge in [0.05, 0.1) is 18.7 Å². The summed E-state index contributed by atoms with van der Waals surface area (Å²) in [4.78, 5) is 33.3. The predicted molar refractivity (Wildman–Crippen MR) is 171 cm³/mol. The summed E-state index contributed by atoms with van der Waals surface area (Å²) < 4.78 is 5.30. The van der Waals surface area contributed by atoms with E-state index in [1.54, 1.807) is 30.2 Å². The van der Waals surface area contributed by atoms with Crippen LogP contribution < -0.4 is 21.9 Å². The normalized spacial score (nSPS) is 10.7. The van der Waals surface area contributed by atoms with Gasteiger partial charge >= 0.3 is 0 Å². The van der Waals surface area contributed by atoms with E-state index in [4.69, 9.17) is 21.9 Å². The standard InChI is InChI=1S/C32H33N5O3.ClH.2H2O/c1-40-27-17-15-22(16-18-27)21-37(28(30(33)38)20-23-9-8-14-26(19-23)36-32(34)35)31(39)29(24-10-4-2-5-11-24)25-12-6-3-7-13-25;;;/h2-19,28-29H,20-21H2,1H3,(H2,33,38)(H4,34,35,36);1H;2*1H2/t28-;;;/m1.../s1. The van der Waals surface area contributed by atoms with Crippen LogP contribution >= 0.6 is 12.4 Å². The summed E-state index contributed by atoms with van der Waals surface area (Å²) in [6.07, 6.45) is 0.182. The van der Waals surface area contributed by atoms with Crippen molar-refractivity contribution in [1.82, 2.24) is 4.90 Å². The molecule has 4 aromatic rings. The zero-order chi connectivity index (χ0) is 28.5. The predicted octanol–water partition coefficient (Wildman–Crippen LogP) is 2.63. The van der Waals surface area contributed by atoms with Gasteiger partial charge in [0.15, 0.2) is 5.96 Å². The first-order valence-corrected chi connectivity index (χ1v) is 12.9. The maximum Gasteiger partial charge on any atom is 0.240 e. The van der Waals surface area contributed by atoms with Gasteiger partial charge in [0.1, 0.15) is 11.8 Å². The Kier molecular flexibility index (Phi) is 14.4. The molecule has 10 N–H and O–H groups in total. The molecule has 0 aliphatic carbocycles. The summed E-state index contributed by atoms with van der Waals surface area (Å²) >= 11 is 0. The SMILES string of the molecule is COc1ccc(CN(C(=O)C(c2ccccc2)c2ccccc2)[C@H](Cc2cccc(N=C(N)N)c2)C(N)=O)cc1.Cl.O.O. The Morgan fingerprint density at radius 2 is 1.33 bits per heavy atom. The molecule has 0 heterocycles. The van der Waals surface area contributed by atoms with E-state index in [2.05, 4.69) is 4.99 Å². The Morgan fingerprint density at radius 1 is 0.767 bits per heavy atom. The third kappa shape index (κ3) is 9.57. The second kappa shape index (κ2) is 17.1. The number of nitrogens with zero attached hydrogens (tertiary/aromatic N) is 2. The highest BCUT2D eigenvalue weighted by Crippen LogP contribution is 2.30. The van der Waals surface area contributed by atoms with Gasteiger partial charge in [-0.05, 0) is 46.5 Å². The van der Waals surface area contributed by atoms with E-state index in [-0.39, 0.29) is 48.2 Å². The van der Waals surface area contributed by atoms with Crippen LogP contribution in [0.3, 0.4) is 0 Å². The number of rotatable bonds is 11. The van der Waals surface area contributed by atoms with E-state index in [0.29, 0.717) is 11.4 Å². The van der Waals surface area contributed by atoms with Crippen molar-refractivity contribution in [2.75, 3.05) is 7.11 Å². The molecule has 0 bridgehead atoms. The first-order valence-electron chi connectivity index (χ1n) is 12.9. The molecule has 0 saturated carbocycles. The molecule has 4 rings (SSSR count). The van der Waals surface area contributed by atoms with Crippen molar-refractivity contribution < 1.29 is 25.3 Å². The number of benzene rings is 4. The summed E-state index contributed by atoms with van der Waals surface area (Å²) in [5, 5.41) is 0. The molecule has 11 heteroatoms.